The van der Waals surface area contributed by atoms with Crippen LogP contribution in [0.15, 0.2) is 91.0 Å². The molecule has 0 aliphatic rings. The van der Waals surface area contributed by atoms with Gasteiger partial charge in [0, 0.05) is 23.2 Å². The van der Waals surface area contributed by atoms with Crippen LogP contribution < -0.4 is 10.1 Å². The molecule has 0 saturated carbocycles. The molecule has 0 fully saturated rings. The van der Waals surface area contributed by atoms with Crippen LogP contribution in [0.3, 0.4) is 0 Å². The van der Waals surface area contributed by atoms with E-state index in [0.29, 0.717) is 13.2 Å². The van der Waals surface area contributed by atoms with Crippen molar-refractivity contribution in [2.75, 3.05) is 5.32 Å². The van der Waals surface area contributed by atoms with Crippen molar-refractivity contribution in [2.24, 2.45) is 0 Å². The molecule has 1 N–H and O–H groups in total. The first-order valence-corrected chi connectivity index (χ1v) is 8.96. The van der Waals surface area contributed by atoms with Crippen LogP contribution in [0.25, 0.3) is 10.8 Å². The predicted octanol–water partition coefficient (Wildman–Crippen LogP) is 6.17. The van der Waals surface area contributed by atoms with Gasteiger partial charge >= 0.3 is 0 Å². The highest BCUT2D eigenvalue weighted by atomic mass is 19.1. The average molecular weight is 357 g/mol. The fourth-order valence-electron chi connectivity index (χ4n) is 3.10. The van der Waals surface area contributed by atoms with E-state index in [2.05, 4.69) is 41.7 Å². The molecule has 0 atom stereocenters. The molecule has 3 heteroatoms. The van der Waals surface area contributed by atoms with Gasteiger partial charge in [0.15, 0.2) is 0 Å². The normalized spacial score (nSPS) is 10.7. The molecule has 2 nitrogen and oxygen atoms in total. The summed E-state index contributed by atoms with van der Waals surface area (Å²) in [4.78, 5) is 0. The van der Waals surface area contributed by atoms with Crippen molar-refractivity contribution in [1.29, 1.82) is 0 Å². The van der Waals surface area contributed by atoms with Crippen LogP contribution in [0.4, 0.5) is 10.1 Å². The third-order valence-corrected chi connectivity index (χ3v) is 4.54. The van der Waals surface area contributed by atoms with Gasteiger partial charge in [0.05, 0.1) is 0 Å². The lowest BCUT2D eigenvalue weighted by Gasteiger charge is -2.14. The Morgan fingerprint density at radius 1 is 0.741 bits per heavy atom. The first-order valence-electron chi connectivity index (χ1n) is 8.96. The quantitative estimate of drug-likeness (QED) is 0.445. The first kappa shape index (κ1) is 17.1. The van der Waals surface area contributed by atoms with Crippen molar-refractivity contribution in [2.45, 2.75) is 13.2 Å². The number of nitrogens with one attached hydrogen (secondary N) is 1. The summed E-state index contributed by atoms with van der Waals surface area (Å²) in [5, 5.41) is 5.93. The molecule has 0 aliphatic heterocycles. The van der Waals surface area contributed by atoms with Crippen molar-refractivity contribution in [3.05, 3.63) is 108 Å². The number of hydrogen-bond acceptors (Lipinski definition) is 2. The van der Waals surface area contributed by atoms with Crippen LogP contribution in [-0.4, -0.2) is 0 Å². The average Bonchev–Trinajstić information content (AvgIpc) is 2.72. The lowest BCUT2D eigenvalue weighted by atomic mass is 10.1. The molecule has 0 heterocycles. The van der Waals surface area contributed by atoms with Crippen molar-refractivity contribution >= 4 is 16.5 Å². The summed E-state index contributed by atoms with van der Waals surface area (Å²) in [6, 6.07) is 28.9. The lowest BCUT2D eigenvalue weighted by Crippen LogP contribution is -2.04. The van der Waals surface area contributed by atoms with E-state index >= 15 is 0 Å². The number of fused-ring (bicyclic) bond motifs is 1. The zero-order chi connectivity index (χ0) is 18.5. The van der Waals surface area contributed by atoms with Crippen LogP contribution in [0, 0.1) is 5.82 Å². The Morgan fingerprint density at radius 2 is 1.48 bits per heavy atom. The highest BCUT2D eigenvalue weighted by Gasteiger charge is 2.05. The molecule has 0 bridgehead atoms. The monoisotopic (exact) mass is 357 g/mol. The van der Waals surface area contributed by atoms with Crippen molar-refractivity contribution in [3.63, 3.8) is 0 Å². The molecule has 0 unspecified atom stereocenters. The molecular formula is C24H20FNO. The van der Waals surface area contributed by atoms with Gasteiger partial charge in [0.25, 0.3) is 0 Å². The van der Waals surface area contributed by atoms with Crippen LogP contribution in [-0.2, 0) is 13.2 Å². The second-order valence-electron chi connectivity index (χ2n) is 6.40. The second-order valence-corrected chi connectivity index (χ2v) is 6.40. The van der Waals surface area contributed by atoms with Crippen molar-refractivity contribution in [1.82, 2.24) is 0 Å². The van der Waals surface area contributed by atoms with E-state index in [0.717, 1.165) is 22.6 Å². The van der Waals surface area contributed by atoms with E-state index in [4.69, 9.17) is 4.74 Å². The summed E-state index contributed by atoms with van der Waals surface area (Å²) in [5.41, 5.74) is 3.11. The number of anilines is 1. The maximum absolute atomic E-state index is 13.0. The van der Waals surface area contributed by atoms with E-state index in [1.807, 2.05) is 30.3 Å². The molecule has 0 amide bonds. The first-order chi connectivity index (χ1) is 13.3. The van der Waals surface area contributed by atoms with Gasteiger partial charge in [-0.05, 0) is 35.2 Å². The number of rotatable bonds is 6. The summed E-state index contributed by atoms with van der Waals surface area (Å²) >= 11 is 0. The maximum Gasteiger partial charge on any atom is 0.124 e. The summed E-state index contributed by atoms with van der Waals surface area (Å²) in [6.07, 6.45) is 0. The fraction of sp³-hybridized carbons (Fsp3) is 0.0833. The van der Waals surface area contributed by atoms with E-state index in [1.165, 1.54) is 22.9 Å². The molecule has 4 aromatic carbocycles. The minimum absolute atomic E-state index is 0.238. The largest absolute Gasteiger partial charge is 0.489 e. The highest BCUT2D eigenvalue weighted by molar-refractivity contribution is 5.93. The fourth-order valence-corrected chi connectivity index (χ4v) is 3.10. The molecule has 27 heavy (non-hydrogen) atoms. The Hall–Kier alpha value is -3.33. The summed E-state index contributed by atoms with van der Waals surface area (Å²) in [6.45, 7) is 1.07. The molecule has 4 rings (SSSR count). The van der Waals surface area contributed by atoms with Gasteiger partial charge in [-0.15, -0.1) is 0 Å². The van der Waals surface area contributed by atoms with Crippen LogP contribution in [0.1, 0.15) is 11.1 Å². The van der Waals surface area contributed by atoms with Crippen LogP contribution in [0.2, 0.25) is 0 Å². The molecule has 0 spiro atoms. The zero-order valence-corrected chi connectivity index (χ0v) is 14.9. The molecule has 0 aliphatic carbocycles. The highest BCUT2D eigenvalue weighted by Crippen LogP contribution is 2.25. The van der Waals surface area contributed by atoms with Gasteiger partial charge in [-0.2, -0.15) is 0 Å². The van der Waals surface area contributed by atoms with Gasteiger partial charge in [0.1, 0.15) is 18.2 Å². The third-order valence-electron chi connectivity index (χ3n) is 4.54. The molecule has 0 radical (unpaired) electrons. The predicted molar refractivity (Wildman–Crippen MR) is 108 cm³/mol. The summed E-state index contributed by atoms with van der Waals surface area (Å²) in [5.74, 6) is 0.591. The third kappa shape index (κ3) is 4.09. The van der Waals surface area contributed by atoms with E-state index in [1.54, 1.807) is 12.1 Å². The standard InChI is InChI=1S/C24H20FNO/c25-21-14-12-18(13-15-21)17-27-24-11-4-2-7-20(24)16-26-23-10-5-8-19-6-1-3-9-22(19)23/h1-15,26H,16-17H2. The maximum atomic E-state index is 13.0. The van der Waals surface area contributed by atoms with Gasteiger partial charge in [0.2, 0.25) is 0 Å². The van der Waals surface area contributed by atoms with E-state index < -0.39 is 0 Å². The molecule has 0 aromatic heterocycles. The summed E-state index contributed by atoms with van der Waals surface area (Å²) in [7, 11) is 0. The topological polar surface area (TPSA) is 21.3 Å². The number of para-hydroxylation sites is 1. The van der Waals surface area contributed by atoms with Crippen LogP contribution in [0.5, 0.6) is 5.75 Å². The second kappa shape index (κ2) is 7.92. The SMILES string of the molecule is Fc1ccc(COc2ccccc2CNc2cccc3ccccc23)cc1. The van der Waals surface area contributed by atoms with E-state index in [9.17, 15) is 4.39 Å². The number of ether oxygens (including phenoxy) is 1. The Morgan fingerprint density at radius 3 is 2.37 bits per heavy atom. The Kier molecular flexibility index (Phi) is 5.01. The number of hydrogen-bond donors (Lipinski definition) is 1. The lowest BCUT2D eigenvalue weighted by molar-refractivity contribution is 0.303. The smallest absolute Gasteiger partial charge is 0.124 e. The number of halogens is 1. The van der Waals surface area contributed by atoms with Gasteiger partial charge in [-0.25, -0.2) is 4.39 Å². The summed E-state index contributed by atoms with van der Waals surface area (Å²) < 4.78 is 19.0. The minimum atomic E-state index is -0.238. The number of benzene rings is 4. The van der Waals surface area contributed by atoms with Gasteiger partial charge in [-0.3, -0.25) is 0 Å². The Labute approximate surface area is 158 Å². The van der Waals surface area contributed by atoms with Gasteiger partial charge < -0.3 is 10.1 Å². The molecular weight excluding hydrogens is 337 g/mol. The Balaban J connectivity index is 1.48. The molecule has 134 valence electrons. The van der Waals surface area contributed by atoms with Crippen molar-refractivity contribution in [3.8, 4) is 5.75 Å². The van der Waals surface area contributed by atoms with Gasteiger partial charge in [-0.1, -0.05) is 66.7 Å². The van der Waals surface area contributed by atoms with Crippen molar-refractivity contribution < 1.29 is 9.13 Å². The minimum Gasteiger partial charge on any atom is -0.489 e. The van der Waals surface area contributed by atoms with Crippen LogP contribution >= 0.6 is 0 Å². The zero-order valence-electron chi connectivity index (χ0n) is 14.9. The molecule has 4 aromatic rings. The molecule has 0 saturated heterocycles. The van der Waals surface area contributed by atoms with E-state index in [-0.39, 0.29) is 5.82 Å². The Bertz CT molecular complexity index is 1040.